The van der Waals surface area contributed by atoms with Crippen LogP contribution in [0.1, 0.15) is 5.56 Å². The maximum Gasteiger partial charge on any atom is 0.101 e. The van der Waals surface area contributed by atoms with Gasteiger partial charge in [0.1, 0.15) is 6.07 Å². The summed E-state index contributed by atoms with van der Waals surface area (Å²) < 4.78 is 2.96. The molecule has 0 fully saturated rings. The largest absolute Gasteiger partial charge is 0.337 e. The maximum absolute atomic E-state index is 8.89. The third kappa shape index (κ3) is 1.14. The van der Waals surface area contributed by atoms with Crippen LogP contribution in [-0.4, -0.2) is 4.57 Å². The lowest BCUT2D eigenvalue weighted by atomic mass is 10.2. The molecule has 2 nitrogen and oxygen atoms in total. The van der Waals surface area contributed by atoms with Crippen molar-refractivity contribution in [2.24, 2.45) is 7.05 Å². The quantitative estimate of drug-likeness (QED) is 0.690. The molecule has 0 saturated carbocycles. The van der Waals surface area contributed by atoms with Gasteiger partial charge in [-0.25, -0.2) is 0 Å². The van der Waals surface area contributed by atoms with Crippen molar-refractivity contribution >= 4 is 26.8 Å². The lowest BCUT2D eigenvalue weighted by molar-refractivity contribution is 0.939. The molecule has 13 heavy (non-hydrogen) atoms. The van der Waals surface area contributed by atoms with Gasteiger partial charge in [0.25, 0.3) is 0 Å². The van der Waals surface area contributed by atoms with Crippen LogP contribution in [0.4, 0.5) is 0 Å². The van der Waals surface area contributed by atoms with Crippen molar-refractivity contribution in [3.05, 3.63) is 34.4 Å². The van der Waals surface area contributed by atoms with Gasteiger partial charge in [0.2, 0.25) is 0 Å². The highest BCUT2D eigenvalue weighted by molar-refractivity contribution is 9.10. The van der Waals surface area contributed by atoms with Gasteiger partial charge in [0, 0.05) is 12.4 Å². The van der Waals surface area contributed by atoms with Gasteiger partial charge in [0.05, 0.1) is 15.7 Å². The van der Waals surface area contributed by atoms with E-state index in [4.69, 9.17) is 5.26 Å². The van der Waals surface area contributed by atoms with Crippen molar-refractivity contribution in [3.8, 4) is 6.07 Å². The molecule has 0 N–H and O–H groups in total. The highest BCUT2D eigenvalue weighted by Gasteiger charge is 2.06. The second-order valence-electron chi connectivity index (χ2n) is 2.88. The van der Waals surface area contributed by atoms with Crippen molar-refractivity contribution < 1.29 is 0 Å². The molecule has 2 rings (SSSR count). The van der Waals surface area contributed by atoms with Crippen molar-refractivity contribution in [2.75, 3.05) is 0 Å². The van der Waals surface area contributed by atoms with Crippen LogP contribution < -0.4 is 0 Å². The van der Waals surface area contributed by atoms with Gasteiger partial charge in [-0.15, -0.1) is 0 Å². The zero-order valence-corrected chi connectivity index (χ0v) is 8.67. The van der Waals surface area contributed by atoms with Crippen LogP contribution in [0.2, 0.25) is 0 Å². The van der Waals surface area contributed by atoms with E-state index in [2.05, 4.69) is 22.0 Å². The summed E-state index contributed by atoms with van der Waals surface area (Å²) in [5, 5.41) is 9.98. The van der Waals surface area contributed by atoms with Crippen LogP contribution in [0, 0.1) is 11.3 Å². The third-order valence-corrected chi connectivity index (χ3v) is 2.88. The van der Waals surface area contributed by atoms with E-state index in [1.807, 2.05) is 35.9 Å². The van der Waals surface area contributed by atoms with E-state index in [0.717, 1.165) is 15.5 Å². The number of hydrogen-bond acceptors (Lipinski definition) is 1. The minimum Gasteiger partial charge on any atom is -0.337 e. The molecule has 1 aromatic heterocycles. The topological polar surface area (TPSA) is 28.7 Å². The third-order valence-electron chi connectivity index (χ3n) is 2.12. The predicted molar refractivity (Wildman–Crippen MR) is 55.3 cm³/mol. The van der Waals surface area contributed by atoms with Gasteiger partial charge in [-0.1, -0.05) is 12.1 Å². The van der Waals surface area contributed by atoms with Crippen LogP contribution in [0.5, 0.6) is 0 Å². The number of nitriles is 1. The molecular weight excluding hydrogens is 228 g/mol. The van der Waals surface area contributed by atoms with Crippen LogP contribution in [0.3, 0.4) is 0 Å². The molecule has 64 valence electrons. The lowest BCUT2D eigenvalue weighted by Gasteiger charge is -1.98. The van der Waals surface area contributed by atoms with E-state index in [9.17, 15) is 0 Å². The number of benzene rings is 1. The molecule has 0 amide bonds. The number of aromatic nitrogens is 1. The average Bonchev–Trinajstić information content (AvgIpc) is 2.43. The van der Waals surface area contributed by atoms with Gasteiger partial charge in [-0.05, 0) is 28.1 Å². The maximum atomic E-state index is 8.89. The number of fused-ring (bicyclic) bond motifs is 1. The number of hydrogen-bond donors (Lipinski definition) is 0. The summed E-state index contributed by atoms with van der Waals surface area (Å²) in [6.07, 6.45) is 0. The Morgan fingerprint density at radius 1 is 1.46 bits per heavy atom. The Bertz CT molecular complexity index is 505. The summed E-state index contributed by atoms with van der Waals surface area (Å²) in [5.41, 5.74) is 1.70. The van der Waals surface area contributed by atoms with Gasteiger partial charge in [0.15, 0.2) is 0 Å². The fourth-order valence-electron chi connectivity index (χ4n) is 1.47. The smallest absolute Gasteiger partial charge is 0.101 e. The molecule has 0 atom stereocenters. The van der Waals surface area contributed by atoms with Crippen LogP contribution >= 0.6 is 15.9 Å². The molecule has 0 aliphatic carbocycles. The summed E-state index contributed by atoms with van der Waals surface area (Å²) in [7, 11) is 1.94. The monoisotopic (exact) mass is 234 g/mol. The first-order valence-electron chi connectivity index (χ1n) is 3.88. The molecule has 0 radical (unpaired) electrons. The van der Waals surface area contributed by atoms with Gasteiger partial charge in [-0.3, -0.25) is 0 Å². The first-order valence-corrected chi connectivity index (χ1v) is 4.67. The summed E-state index contributed by atoms with van der Waals surface area (Å²) in [4.78, 5) is 0. The van der Waals surface area contributed by atoms with Crippen LogP contribution in [0.15, 0.2) is 28.9 Å². The molecule has 2 aromatic rings. The van der Waals surface area contributed by atoms with E-state index in [1.54, 1.807) is 0 Å². The normalized spacial score (nSPS) is 10.2. The second-order valence-corrected chi connectivity index (χ2v) is 3.69. The Morgan fingerprint density at radius 2 is 2.23 bits per heavy atom. The predicted octanol–water partition coefficient (Wildman–Crippen LogP) is 2.81. The number of halogens is 1. The summed E-state index contributed by atoms with van der Waals surface area (Å²) in [5.74, 6) is 0. The zero-order chi connectivity index (χ0) is 9.42. The van der Waals surface area contributed by atoms with Crippen LogP contribution in [0.25, 0.3) is 10.9 Å². The Hall–Kier alpha value is -1.27. The molecule has 0 unspecified atom stereocenters. The Labute approximate surface area is 84.5 Å². The molecule has 0 aliphatic rings. The molecule has 0 bridgehead atoms. The standard InChI is InChI=1S/C10H7BrN2/c1-13-9(11)5-7-3-2-4-8(6-12)10(7)13/h2-5H,1H3. The summed E-state index contributed by atoms with van der Waals surface area (Å²) in [6, 6.07) is 9.92. The first kappa shape index (κ1) is 8.33. The van der Waals surface area contributed by atoms with Crippen molar-refractivity contribution in [2.45, 2.75) is 0 Å². The van der Waals surface area contributed by atoms with Crippen LogP contribution in [-0.2, 0) is 7.05 Å². The van der Waals surface area contributed by atoms with E-state index >= 15 is 0 Å². The Morgan fingerprint density at radius 3 is 2.92 bits per heavy atom. The highest BCUT2D eigenvalue weighted by Crippen LogP contribution is 2.24. The molecular formula is C10H7BrN2. The minimum atomic E-state index is 0.714. The fourth-order valence-corrected chi connectivity index (χ4v) is 1.90. The Kier molecular flexibility index (Phi) is 1.86. The lowest BCUT2D eigenvalue weighted by Crippen LogP contribution is -1.89. The van der Waals surface area contributed by atoms with E-state index in [0.29, 0.717) is 5.56 Å². The van der Waals surface area contributed by atoms with E-state index in [-0.39, 0.29) is 0 Å². The van der Waals surface area contributed by atoms with Crippen molar-refractivity contribution in [1.29, 1.82) is 5.26 Å². The fraction of sp³-hybridized carbons (Fsp3) is 0.100. The number of aryl methyl sites for hydroxylation is 1. The minimum absolute atomic E-state index is 0.714. The van der Waals surface area contributed by atoms with E-state index in [1.165, 1.54) is 0 Å². The molecule has 0 spiro atoms. The number of para-hydroxylation sites is 1. The molecule has 0 saturated heterocycles. The number of rotatable bonds is 0. The highest BCUT2D eigenvalue weighted by atomic mass is 79.9. The molecule has 1 aromatic carbocycles. The van der Waals surface area contributed by atoms with E-state index < -0.39 is 0 Å². The van der Waals surface area contributed by atoms with Crippen molar-refractivity contribution in [3.63, 3.8) is 0 Å². The van der Waals surface area contributed by atoms with Crippen molar-refractivity contribution in [1.82, 2.24) is 4.57 Å². The molecule has 1 heterocycles. The zero-order valence-electron chi connectivity index (χ0n) is 7.08. The molecule has 3 heteroatoms. The average molecular weight is 235 g/mol. The van der Waals surface area contributed by atoms with Gasteiger partial charge >= 0.3 is 0 Å². The van der Waals surface area contributed by atoms with Gasteiger partial charge in [-0.2, -0.15) is 5.26 Å². The first-order chi connectivity index (χ1) is 6.24. The summed E-state index contributed by atoms with van der Waals surface area (Å²) >= 11 is 3.43. The number of nitrogens with zero attached hydrogens (tertiary/aromatic N) is 2. The SMILES string of the molecule is Cn1c(Br)cc2cccc(C#N)c21. The summed E-state index contributed by atoms with van der Waals surface area (Å²) in [6.45, 7) is 0. The molecule has 0 aliphatic heterocycles. The second kappa shape index (κ2) is 2.90. The Balaban J connectivity index is 2.97. The van der Waals surface area contributed by atoms with Gasteiger partial charge < -0.3 is 4.57 Å².